The van der Waals surface area contributed by atoms with Crippen molar-refractivity contribution in [2.75, 3.05) is 19.8 Å². The topological polar surface area (TPSA) is 51.5 Å². The lowest BCUT2D eigenvalue weighted by Crippen LogP contribution is -2.10. The maximum Gasteiger partial charge on any atom is 0.181 e. The highest BCUT2D eigenvalue weighted by atomic mass is 16.5. The minimum atomic E-state index is 0.00697. The van der Waals surface area contributed by atoms with Crippen molar-refractivity contribution >= 4 is 0 Å². The average molecular weight is 183 g/mol. The van der Waals surface area contributed by atoms with Crippen molar-refractivity contribution < 1.29 is 9.84 Å². The van der Waals surface area contributed by atoms with Gasteiger partial charge in [0.1, 0.15) is 0 Å². The van der Waals surface area contributed by atoms with E-state index in [4.69, 9.17) is 9.84 Å². The Morgan fingerprint density at radius 2 is 2.00 bits per heavy atom. The molecule has 1 rings (SSSR count). The van der Waals surface area contributed by atoms with Crippen LogP contribution in [0, 0.1) is 0 Å². The fraction of sp³-hybridized carbons (Fsp3) is 0.444. The first-order valence-electron chi connectivity index (χ1n) is 4.17. The van der Waals surface area contributed by atoms with E-state index in [2.05, 4.69) is 0 Å². The minimum Gasteiger partial charge on any atom is -0.394 e. The summed E-state index contributed by atoms with van der Waals surface area (Å²) in [6, 6.07) is 3.01. The number of pyridine rings is 1. The van der Waals surface area contributed by atoms with E-state index in [1.165, 1.54) is 12.1 Å². The monoisotopic (exact) mass is 183 g/mol. The molecule has 0 fully saturated rings. The number of aliphatic hydroxyl groups excluding tert-OH is 1. The second-order valence-corrected chi connectivity index (χ2v) is 2.61. The van der Waals surface area contributed by atoms with E-state index in [1.54, 1.807) is 12.4 Å². The summed E-state index contributed by atoms with van der Waals surface area (Å²) in [5.74, 6) is 0. The first kappa shape index (κ1) is 9.95. The molecule has 0 spiro atoms. The Bertz CT molecular complexity index is 275. The number of rotatable bonds is 5. The lowest BCUT2D eigenvalue weighted by atomic mass is 10.4. The second-order valence-electron chi connectivity index (χ2n) is 2.61. The third-order valence-electron chi connectivity index (χ3n) is 1.59. The van der Waals surface area contributed by atoms with E-state index >= 15 is 0 Å². The number of nitrogens with zero attached hydrogens (tertiary/aromatic N) is 1. The molecule has 13 heavy (non-hydrogen) atoms. The van der Waals surface area contributed by atoms with Crippen LogP contribution in [0.2, 0.25) is 0 Å². The Morgan fingerprint density at radius 1 is 1.31 bits per heavy atom. The Labute approximate surface area is 76.4 Å². The number of hydrogen-bond donors (Lipinski definition) is 1. The summed E-state index contributed by atoms with van der Waals surface area (Å²) in [6.45, 7) is 1.65. The zero-order valence-corrected chi connectivity index (χ0v) is 7.35. The van der Waals surface area contributed by atoms with Crippen LogP contribution < -0.4 is 5.43 Å². The highest BCUT2D eigenvalue weighted by Crippen LogP contribution is 1.85. The summed E-state index contributed by atoms with van der Waals surface area (Å²) < 4.78 is 6.93. The SMILES string of the molecule is O=c1ccn(CCOCCO)cc1. The minimum absolute atomic E-state index is 0.00697. The summed E-state index contributed by atoms with van der Waals surface area (Å²) in [4.78, 5) is 10.7. The largest absolute Gasteiger partial charge is 0.394 e. The molecule has 0 atom stereocenters. The van der Waals surface area contributed by atoms with Crippen molar-refractivity contribution in [2.45, 2.75) is 6.54 Å². The van der Waals surface area contributed by atoms with Crippen molar-refractivity contribution in [3.8, 4) is 0 Å². The molecule has 4 heteroatoms. The smallest absolute Gasteiger partial charge is 0.181 e. The van der Waals surface area contributed by atoms with Crippen LogP contribution in [0.4, 0.5) is 0 Å². The van der Waals surface area contributed by atoms with Gasteiger partial charge in [0.05, 0.1) is 19.8 Å². The molecule has 0 amide bonds. The van der Waals surface area contributed by atoms with Crippen molar-refractivity contribution in [1.82, 2.24) is 4.57 Å². The van der Waals surface area contributed by atoms with Crippen LogP contribution in [-0.2, 0) is 11.3 Å². The molecular formula is C9H13NO3. The van der Waals surface area contributed by atoms with Crippen LogP contribution in [0.1, 0.15) is 0 Å². The first-order chi connectivity index (χ1) is 6.33. The normalized spacial score (nSPS) is 10.2. The van der Waals surface area contributed by atoms with Gasteiger partial charge in [-0.1, -0.05) is 0 Å². The predicted molar refractivity (Wildman–Crippen MR) is 48.6 cm³/mol. The molecule has 1 heterocycles. The molecule has 4 nitrogen and oxygen atoms in total. The van der Waals surface area contributed by atoms with Gasteiger partial charge in [-0.15, -0.1) is 0 Å². The fourth-order valence-electron chi connectivity index (χ4n) is 0.929. The quantitative estimate of drug-likeness (QED) is 0.646. The standard InChI is InChI=1S/C9H13NO3/c11-6-8-13-7-5-10-3-1-9(12)2-4-10/h1-4,11H,5-8H2. The summed E-state index contributed by atoms with van der Waals surface area (Å²) in [5, 5.41) is 8.43. The molecule has 0 saturated heterocycles. The molecule has 0 saturated carbocycles. The summed E-state index contributed by atoms with van der Waals surface area (Å²) in [7, 11) is 0. The summed E-state index contributed by atoms with van der Waals surface area (Å²) in [5.41, 5.74) is 0.00697. The van der Waals surface area contributed by atoms with Gasteiger partial charge in [-0.25, -0.2) is 0 Å². The molecule has 0 aliphatic rings. The Kier molecular flexibility index (Phi) is 4.21. The van der Waals surface area contributed by atoms with Gasteiger partial charge in [-0.2, -0.15) is 0 Å². The van der Waals surface area contributed by atoms with Crippen LogP contribution in [-0.4, -0.2) is 29.5 Å². The number of ether oxygens (including phenoxy) is 1. The number of aromatic nitrogens is 1. The average Bonchev–Trinajstić information content (AvgIpc) is 2.15. The molecule has 0 aromatic carbocycles. The maximum absolute atomic E-state index is 10.7. The lowest BCUT2D eigenvalue weighted by molar-refractivity contribution is 0.0869. The van der Waals surface area contributed by atoms with Crippen molar-refractivity contribution in [3.05, 3.63) is 34.7 Å². The van der Waals surface area contributed by atoms with Crippen LogP contribution >= 0.6 is 0 Å². The molecular weight excluding hydrogens is 170 g/mol. The van der Waals surface area contributed by atoms with Crippen LogP contribution in [0.5, 0.6) is 0 Å². The summed E-state index contributed by atoms with van der Waals surface area (Å²) >= 11 is 0. The lowest BCUT2D eigenvalue weighted by Gasteiger charge is -2.05. The molecule has 0 aliphatic carbocycles. The fourth-order valence-corrected chi connectivity index (χ4v) is 0.929. The first-order valence-corrected chi connectivity index (χ1v) is 4.17. The van der Waals surface area contributed by atoms with Gasteiger partial charge in [0, 0.05) is 31.1 Å². The Morgan fingerprint density at radius 3 is 2.62 bits per heavy atom. The van der Waals surface area contributed by atoms with E-state index in [-0.39, 0.29) is 12.0 Å². The van der Waals surface area contributed by atoms with E-state index in [0.717, 1.165) is 0 Å². The van der Waals surface area contributed by atoms with E-state index < -0.39 is 0 Å². The molecule has 0 aliphatic heterocycles. The Balaban J connectivity index is 2.29. The van der Waals surface area contributed by atoms with Gasteiger partial charge in [-0.3, -0.25) is 4.79 Å². The number of hydrogen-bond acceptors (Lipinski definition) is 3. The van der Waals surface area contributed by atoms with Gasteiger partial charge in [-0.05, 0) is 0 Å². The number of aliphatic hydroxyl groups is 1. The zero-order chi connectivity index (χ0) is 9.52. The van der Waals surface area contributed by atoms with E-state index in [9.17, 15) is 4.79 Å². The molecule has 1 aromatic heterocycles. The van der Waals surface area contributed by atoms with Crippen LogP contribution in [0.25, 0.3) is 0 Å². The van der Waals surface area contributed by atoms with Gasteiger partial charge in [0.2, 0.25) is 0 Å². The highest BCUT2D eigenvalue weighted by molar-refractivity contribution is 4.93. The van der Waals surface area contributed by atoms with Gasteiger partial charge in [0.15, 0.2) is 5.43 Å². The van der Waals surface area contributed by atoms with E-state index in [1.807, 2.05) is 4.57 Å². The predicted octanol–water partition coefficient (Wildman–Crippen LogP) is -0.143. The molecule has 1 aromatic rings. The molecule has 72 valence electrons. The molecule has 0 bridgehead atoms. The van der Waals surface area contributed by atoms with Crippen LogP contribution in [0.3, 0.4) is 0 Å². The third kappa shape index (κ3) is 3.87. The zero-order valence-electron chi connectivity index (χ0n) is 7.35. The Hall–Kier alpha value is -1.13. The molecule has 0 radical (unpaired) electrons. The van der Waals surface area contributed by atoms with Gasteiger partial charge >= 0.3 is 0 Å². The van der Waals surface area contributed by atoms with Crippen molar-refractivity contribution in [2.24, 2.45) is 0 Å². The van der Waals surface area contributed by atoms with Gasteiger partial charge in [0.25, 0.3) is 0 Å². The second kappa shape index (κ2) is 5.50. The summed E-state index contributed by atoms with van der Waals surface area (Å²) in [6.07, 6.45) is 3.43. The van der Waals surface area contributed by atoms with E-state index in [0.29, 0.717) is 19.8 Å². The maximum atomic E-state index is 10.7. The van der Waals surface area contributed by atoms with Crippen LogP contribution in [0.15, 0.2) is 29.3 Å². The van der Waals surface area contributed by atoms with Crippen molar-refractivity contribution in [3.63, 3.8) is 0 Å². The van der Waals surface area contributed by atoms with Crippen molar-refractivity contribution in [1.29, 1.82) is 0 Å². The molecule has 1 N–H and O–H groups in total. The highest BCUT2D eigenvalue weighted by Gasteiger charge is 1.89. The molecule has 0 unspecified atom stereocenters. The van der Waals surface area contributed by atoms with Gasteiger partial charge < -0.3 is 14.4 Å². The third-order valence-corrected chi connectivity index (χ3v) is 1.59.